The van der Waals surface area contributed by atoms with Gasteiger partial charge in [0.1, 0.15) is 0 Å². The molecule has 1 fully saturated rings. The van der Waals surface area contributed by atoms with Crippen molar-refractivity contribution < 1.29 is 0 Å². The normalized spacial score (nSPS) is 33.9. The molecule has 1 aliphatic carbocycles. The van der Waals surface area contributed by atoms with E-state index >= 15 is 0 Å². The molecule has 0 saturated heterocycles. The van der Waals surface area contributed by atoms with Gasteiger partial charge in [-0.15, -0.1) is 11.3 Å². The summed E-state index contributed by atoms with van der Waals surface area (Å²) in [6.07, 6.45) is 2.48. The molecule has 3 unspecified atom stereocenters. The largest absolute Gasteiger partial charge is 0.327 e. The highest BCUT2D eigenvalue weighted by atomic mass is 32.1. The van der Waals surface area contributed by atoms with Gasteiger partial charge in [-0.1, -0.05) is 6.92 Å². The summed E-state index contributed by atoms with van der Waals surface area (Å²) in [5.74, 6) is 1.40. The van der Waals surface area contributed by atoms with Gasteiger partial charge in [-0.25, -0.2) is 0 Å². The Kier molecular flexibility index (Phi) is 2.43. The Morgan fingerprint density at radius 2 is 2.23 bits per heavy atom. The van der Waals surface area contributed by atoms with E-state index in [0.29, 0.717) is 12.0 Å². The van der Waals surface area contributed by atoms with Gasteiger partial charge in [-0.2, -0.15) is 0 Å². The summed E-state index contributed by atoms with van der Waals surface area (Å²) >= 11 is 1.90. The quantitative estimate of drug-likeness (QED) is 0.732. The van der Waals surface area contributed by atoms with Crippen LogP contribution in [0.1, 0.15) is 36.1 Å². The molecule has 0 aromatic carbocycles. The third kappa shape index (κ3) is 1.53. The maximum absolute atomic E-state index is 6.03. The molecule has 13 heavy (non-hydrogen) atoms. The van der Waals surface area contributed by atoms with E-state index < -0.39 is 0 Å². The molecule has 0 bridgehead atoms. The maximum atomic E-state index is 6.03. The van der Waals surface area contributed by atoms with Crippen LogP contribution in [-0.4, -0.2) is 6.04 Å². The number of thiophene rings is 1. The third-order valence-electron chi connectivity index (χ3n) is 3.36. The average molecular weight is 195 g/mol. The molecule has 0 aliphatic heterocycles. The van der Waals surface area contributed by atoms with Crippen molar-refractivity contribution >= 4 is 11.3 Å². The fourth-order valence-electron chi connectivity index (χ4n) is 2.33. The molecular formula is C11H17NS. The number of aryl methyl sites for hydroxylation is 1. The molecule has 1 aliphatic rings. The molecule has 1 aromatic heterocycles. The molecule has 2 heteroatoms. The highest BCUT2D eigenvalue weighted by molar-refractivity contribution is 7.10. The molecular weight excluding hydrogens is 178 g/mol. The van der Waals surface area contributed by atoms with Crippen molar-refractivity contribution in [1.29, 1.82) is 0 Å². The van der Waals surface area contributed by atoms with Crippen molar-refractivity contribution in [3.8, 4) is 0 Å². The van der Waals surface area contributed by atoms with Crippen LogP contribution < -0.4 is 5.73 Å². The smallest absolute Gasteiger partial charge is 0.0109 e. The number of hydrogen-bond donors (Lipinski definition) is 1. The Bertz CT molecular complexity index is 292. The topological polar surface area (TPSA) is 26.0 Å². The Balaban J connectivity index is 2.23. The van der Waals surface area contributed by atoms with Crippen molar-refractivity contribution in [2.75, 3.05) is 0 Å². The molecule has 0 radical (unpaired) electrons. The second-order valence-electron chi connectivity index (χ2n) is 4.17. The average Bonchev–Trinajstić information content (AvgIpc) is 2.62. The first-order chi connectivity index (χ1) is 6.20. The molecule has 3 atom stereocenters. The lowest BCUT2D eigenvalue weighted by Gasteiger charge is -2.17. The summed E-state index contributed by atoms with van der Waals surface area (Å²) < 4.78 is 0. The van der Waals surface area contributed by atoms with Crippen LogP contribution in [0.3, 0.4) is 0 Å². The van der Waals surface area contributed by atoms with Crippen LogP contribution in [0.4, 0.5) is 0 Å². The summed E-state index contributed by atoms with van der Waals surface area (Å²) in [6.45, 7) is 4.50. The fraction of sp³-hybridized carbons (Fsp3) is 0.636. The second kappa shape index (κ2) is 3.43. The minimum atomic E-state index is 0.423. The molecule has 1 saturated carbocycles. The predicted octanol–water partition coefficient (Wildman–Crippen LogP) is 2.90. The van der Waals surface area contributed by atoms with Gasteiger partial charge in [0.05, 0.1) is 0 Å². The van der Waals surface area contributed by atoms with E-state index in [1.807, 2.05) is 11.3 Å². The van der Waals surface area contributed by atoms with Crippen LogP contribution in [0.25, 0.3) is 0 Å². The Morgan fingerprint density at radius 3 is 2.69 bits per heavy atom. The van der Waals surface area contributed by atoms with E-state index in [2.05, 4.69) is 25.3 Å². The Hall–Kier alpha value is -0.340. The van der Waals surface area contributed by atoms with Gasteiger partial charge >= 0.3 is 0 Å². The standard InChI is InChI=1S/C11H17NS/c1-7-5-6-13-11(7)9-3-4-10(12)8(9)2/h5-6,8-10H,3-4,12H2,1-2H3. The highest BCUT2D eigenvalue weighted by Gasteiger charge is 2.32. The van der Waals surface area contributed by atoms with Crippen molar-refractivity contribution in [3.05, 3.63) is 21.9 Å². The molecule has 0 amide bonds. The van der Waals surface area contributed by atoms with E-state index in [9.17, 15) is 0 Å². The lowest BCUT2D eigenvalue weighted by atomic mass is 9.93. The summed E-state index contributed by atoms with van der Waals surface area (Å²) in [5.41, 5.74) is 7.48. The fourth-order valence-corrected chi connectivity index (χ4v) is 3.51. The molecule has 1 nitrogen and oxygen atoms in total. The van der Waals surface area contributed by atoms with Gasteiger partial charge in [0.25, 0.3) is 0 Å². The van der Waals surface area contributed by atoms with Gasteiger partial charge in [0, 0.05) is 10.9 Å². The lowest BCUT2D eigenvalue weighted by Crippen LogP contribution is -2.24. The van der Waals surface area contributed by atoms with Crippen LogP contribution in [-0.2, 0) is 0 Å². The van der Waals surface area contributed by atoms with Gasteiger partial charge in [0.15, 0.2) is 0 Å². The molecule has 1 heterocycles. The van der Waals surface area contributed by atoms with Crippen LogP contribution >= 0.6 is 11.3 Å². The minimum Gasteiger partial charge on any atom is -0.327 e. The first kappa shape index (κ1) is 9.22. The monoisotopic (exact) mass is 195 g/mol. The Labute approximate surface area is 84.0 Å². The first-order valence-corrected chi connectivity index (χ1v) is 5.87. The van der Waals surface area contributed by atoms with Crippen molar-refractivity contribution in [2.24, 2.45) is 11.7 Å². The van der Waals surface area contributed by atoms with Crippen molar-refractivity contribution in [1.82, 2.24) is 0 Å². The maximum Gasteiger partial charge on any atom is 0.0109 e. The second-order valence-corrected chi connectivity index (χ2v) is 5.12. The number of hydrogen-bond acceptors (Lipinski definition) is 2. The lowest BCUT2D eigenvalue weighted by molar-refractivity contribution is 0.483. The zero-order valence-corrected chi connectivity index (χ0v) is 9.10. The van der Waals surface area contributed by atoms with E-state index in [0.717, 1.165) is 5.92 Å². The molecule has 0 spiro atoms. The van der Waals surface area contributed by atoms with E-state index in [1.54, 1.807) is 4.88 Å². The molecule has 2 rings (SSSR count). The first-order valence-electron chi connectivity index (χ1n) is 4.99. The summed E-state index contributed by atoms with van der Waals surface area (Å²) in [7, 11) is 0. The predicted molar refractivity (Wildman–Crippen MR) is 58.2 cm³/mol. The SMILES string of the molecule is Cc1ccsc1C1CCC(N)C1C. The van der Waals surface area contributed by atoms with Crippen molar-refractivity contribution in [2.45, 2.75) is 38.6 Å². The van der Waals surface area contributed by atoms with Crippen LogP contribution in [0.2, 0.25) is 0 Å². The molecule has 1 aromatic rings. The third-order valence-corrected chi connectivity index (χ3v) is 4.51. The van der Waals surface area contributed by atoms with Gasteiger partial charge in [-0.05, 0) is 48.6 Å². The summed E-state index contributed by atoms with van der Waals surface area (Å²) in [4.78, 5) is 1.57. The minimum absolute atomic E-state index is 0.423. The van der Waals surface area contributed by atoms with Crippen LogP contribution in [0.5, 0.6) is 0 Å². The van der Waals surface area contributed by atoms with E-state index in [-0.39, 0.29) is 0 Å². The van der Waals surface area contributed by atoms with Crippen LogP contribution in [0.15, 0.2) is 11.4 Å². The highest BCUT2D eigenvalue weighted by Crippen LogP contribution is 2.41. The number of rotatable bonds is 1. The summed E-state index contributed by atoms with van der Waals surface area (Å²) in [6, 6.07) is 2.64. The van der Waals surface area contributed by atoms with Crippen molar-refractivity contribution in [3.63, 3.8) is 0 Å². The molecule has 2 N–H and O–H groups in total. The van der Waals surface area contributed by atoms with Gasteiger partial charge in [0.2, 0.25) is 0 Å². The summed E-state index contributed by atoms with van der Waals surface area (Å²) in [5, 5.41) is 2.20. The zero-order valence-electron chi connectivity index (χ0n) is 8.29. The van der Waals surface area contributed by atoms with E-state index in [4.69, 9.17) is 5.73 Å². The Morgan fingerprint density at radius 1 is 1.46 bits per heavy atom. The number of nitrogens with two attached hydrogens (primary N) is 1. The van der Waals surface area contributed by atoms with Gasteiger partial charge < -0.3 is 5.73 Å². The van der Waals surface area contributed by atoms with Gasteiger partial charge in [-0.3, -0.25) is 0 Å². The van der Waals surface area contributed by atoms with E-state index in [1.165, 1.54) is 18.4 Å². The zero-order chi connectivity index (χ0) is 9.42. The molecule has 72 valence electrons. The van der Waals surface area contributed by atoms with Crippen LogP contribution in [0, 0.1) is 12.8 Å².